The summed E-state index contributed by atoms with van der Waals surface area (Å²) in [4.78, 5) is 14.6. The second kappa shape index (κ2) is 17.4. The fourth-order valence-corrected chi connectivity index (χ4v) is 11.7. The molecule has 0 aromatic carbocycles. The molecule has 236 valence electrons. The summed E-state index contributed by atoms with van der Waals surface area (Å²) < 4.78 is 0. The summed E-state index contributed by atoms with van der Waals surface area (Å²) in [5.41, 5.74) is 3.14. The van der Waals surface area contributed by atoms with Crippen molar-refractivity contribution in [1.29, 1.82) is 0 Å². The topological polar surface area (TPSA) is 0 Å². The molecule has 0 atom stereocenters. The molecule has 5 aromatic heterocycles. The van der Waals surface area contributed by atoms with Crippen molar-refractivity contribution in [1.82, 2.24) is 0 Å². The van der Waals surface area contributed by atoms with E-state index in [4.69, 9.17) is 0 Å². The molecule has 44 heavy (non-hydrogen) atoms. The van der Waals surface area contributed by atoms with Gasteiger partial charge in [-0.15, -0.1) is 56.7 Å². The van der Waals surface area contributed by atoms with Crippen LogP contribution in [-0.2, 0) is 19.3 Å². The highest BCUT2D eigenvalue weighted by Crippen LogP contribution is 2.47. The van der Waals surface area contributed by atoms with Gasteiger partial charge in [0, 0.05) is 48.8 Å². The highest BCUT2D eigenvalue weighted by molar-refractivity contribution is 7.29. The molecule has 0 N–H and O–H groups in total. The molecule has 0 nitrogen and oxygen atoms in total. The van der Waals surface area contributed by atoms with Gasteiger partial charge in [-0.2, -0.15) is 0 Å². The molecule has 0 radical (unpaired) electrons. The first-order valence-electron chi connectivity index (χ1n) is 17.1. The van der Waals surface area contributed by atoms with Crippen molar-refractivity contribution >= 4 is 56.7 Å². The Morgan fingerprint density at radius 2 is 0.886 bits per heavy atom. The van der Waals surface area contributed by atoms with Crippen LogP contribution in [0.25, 0.3) is 39.0 Å². The number of rotatable bonds is 19. The molecule has 0 amide bonds. The molecular weight excluding hydrogens is 629 g/mol. The van der Waals surface area contributed by atoms with E-state index in [1.165, 1.54) is 145 Å². The minimum Gasteiger partial charge on any atom is -0.139 e. The van der Waals surface area contributed by atoms with Gasteiger partial charge >= 0.3 is 0 Å². The summed E-state index contributed by atoms with van der Waals surface area (Å²) in [5.74, 6) is 0. The summed E-state index contributed by atoms with van der Waals surface area (Å²) in [6.07, 6.45) is 19.5. The first-order chi connectivity index (χ1) is 21.6. The third-order valence-corrected chi connectivity index (χ3v) is 14.8. The lowest BCUT2D eigenvalue weighted by molar-refractivity contribution is 0.667. The van der Waals surface area contributed by atoms with E-state index in [9.17, 15) is 0 Å². The minimum atomic E-state index is 1.19. The van der Waals surface area contributed by atoms with E-state index >= 15 is 0 Å². The van der Waals surface area contributed by atoms with Crippen LogP contribution in [0, 0.1) is 6.92 Å². The maximum absolute atomic E-state index is 2.56. The molecule has 0 fully saturated rings. The van der Waals surface area contributed by atoms with Crippen LogP contribution < -0.4 is 0 Å². The lowest BCUT2D eigenvalue weighted by atomic mass is 10.0. The Hall–Kier alpha value is -1.50. The third kappa shape index (κ3) is 9.06. The van der Waals surface area contributed by atoms with Gasteiger partial charge in [0.1, 0.15) is 0 Å². The van der Waals surface area contributed by atoms with Crippen molar-refractivity contribution < 1.29 is 0 Å². The predicted octanol–water partition coefficient (Wildman–Crippen LogP) is 15.3. The van der Waals surface area contributed by atoms with Crippen LogP contribution in [0.5, 0.6) is 0 Å². The minimum absolute atomic E-state index is 1.19. The van der Waals surface area contributed by atoms with Gasteiger partial charge in [-0.3, -0.25) is 0 Å². The molecule has 0 aliphatic rings. The largest absolute Gasteiger partial charge is 0.139 e. The van der Waals surface area contributed by atoms with Gasteiger partial charge < -0.3 is 0 Å². The Labute approximate surface area is 287 Å². The fraction of sp³-hybridized carbons (Fsp3) is 0.487. The number of hydrogen-bond acceptors (Lipinski definition) is 5. The van der Waals surface area contributed by atoms with Gasteiger partial charge in [0.2, 0.25) is 0 Å². The van der Waals surface area contributed by atoms with Crippen molar-refractivity contribution in [2.75, 3.05) is 0 Å². The van der Waals surface area contributed by atoms with Gasteiger partial charge in [-0.05, 0) is 105 Å². The van der Waals surface area contributed by atoms with E-state index in [2.05, 4.69) is 76.2 Å². The smallest absolute Gasteiger partial charge is 0.0481 e. The monoisotopic (exact) mass is 678 g/mol. The zero-order valence-electron chi connectivity index (χ0n) is 27.3. The third-order valence-electron chi connectivity index (χ3n) is 8.42. The average Bonchev–Trinajstić information content (AvgIpc) is 3.85. The summed E-state index contributed by atoms with van der Waals surface area (Å²) in [6.45, 7) is 9.19. The van der Waals surface area contributed by atoms with Crippen LogP contribution in [0.1, 0.15) is 119 Å². The normalized spacial score (nSPS) is 11.6. The van der Waals surface area contributed by atoms with Gasteiger partial charge in [-0.1, -0.05) is 78.6 Å². The Bertz CT molecular complexity index is 1550. The lowest BCUT2D eigenvalue weighted by Gasteiger charge is -2.02. The maximum Gasteiger partial charge on any atom is 0.0481 e. The summed E-state index contributed by atoms with van der Waals surface area (Å²) in [6, 6.07) is 19.2. The van der Waals surface area contributed by atoms with Crippen LogP contribution in [0.2, 0.25) is 0 Å². The Balaban J connectivity index is 1.35. The highest BCUT2D eigenvalue weighted by Gasteiger charge is 2.19. The van der Waals surface area contributed by atoms with Crippen molar-refractivity contribution in [3.05, 3.63) is 69.4 Å². The van der Waals surface area contributed by atoms with Gasteiger partial charge in [0.05, 0.1) is 0 Å². The average molecular weight is 679 g/mol. The quantitative estimate of drug-likeness (QED) is 0.0763. The van der Waals surface area contributed by atoms with Gasteiger partial charge in [-0.25, -0.2) is 0 Å². The zero-order chi connectivity index (χ0) is 30.7. The van der Waals surface area contributed by atoms with E-state index in [1.54, 1.807) is 11.1 Å². The van der Waals surface area contributed by atoms with E-state index < -0.39 is 0 Å². The highest BCUT2D eigenvalue weighted by atomic mass is 32.1. The zero-order valence-corrected chi connectivity index (χ0v) is 31.3. The van der Waals surface area contributed by atoms with Crippen molar-refractivity contribution in [2.45, 2.75) is 124 Å². The van der Waals surface area contributed by atoms with Crippen molar-refractivity contribution in [2.24, 2.45) is 0 Å². The van der Waals surface area contributed by atoms with E-state index in [0.29, 0.717) is 0 Å². The molecule has 5 heterocycles. The van der Waals surface area contributed by atoms with Crippen LogP contribution in [0.3, 0.4) is 0 Å². The van der Waals surface area contributed by atoms with Crippen molar-refractivity contribution in [3.8, 4) is 39.0 Å². The molecule has 5 rings (SSSR count). The molecule has 0 spiro atoms. The first-order valence-corrected chi connectivity index (χ1v) is 21.2. The molecule has 0 saturated carbocycles. The summed E-state index contributed by atoms with van der Waals surface area (Å²) in [7, 11) is 0. The summed E-state index contributed by atoms with van der Waals surface area (Å²) in [5, 5.41) is 0. The van der Waals surface area contributed by atoms with Crippen LogP contribution in [-0.4, -0.2) is 0 Å². The first kappa shape index (κ1) is 33.9. The molecular formula is C39H50S5. The van der Waals surface area contributed by atoms with Crippen molar-refractivity contribution in [3.63, 3.8) is 0 Å². The Kier molecular flexibility index (Phi) is 13.4. The number of unbranched alkanes of at least 4 members (excludes halogenated alkanes) is 9. The number of aryl methyl sites for hydroxylation is 4. The van der Waals surface area contributed by atoms with Crippen LogP contribution >= 0.6 is 56.7 Å². The molecule has 0 aliphatic heterocycles. The van der Waals surface area contributed by atoms with Crippen LogP contribution in [0.4, 0.5) is 0 Å². The SMILES string of the molecule is CCCCCCc1ccc(-c2ccc(-c3ccc(-c4sc(-c5sc(C)cc5CCCCCC)cc4CCCCCC)s3)s2)s1. The number of hydrogen-bond donors (Lipinski definition) is 0. The fourth-order valence-electron chi connectivity index (χ4n) is 5.95. The molecule has 0 unspecified atom stereocenters. The second-order valence-electron chi connectivity index (χ2n) is 12.2. The number of thiophene rings is 5. The maximum atomic E-state index is 2.56. The molecule has 5 aromatic rings. The van der Waals surface area contributed by atoms with E-state index in [-0.39, 0.29) is 0 Å². The van der Waals surface area contributed by atoms with E-state index in [1.807, 2.05) is 56.7 Å². The Morgan fingerprint density at radius 3 is 1.50 bits per heavy atom. The molecule has 0 aliphatic carbocycles. The second-order valence-corrected chi connectivity index (χ2v) is 17.8. The Morgan fingerprint density at radius 1 is 0.409 bits per heavy atom. The lowest BCUT2D eigenvalue weighted by Crippen LogP contribution is -1.86. The molecule has 0 bridgehead atoms. The van der Waals surface area contributed by atoms with E-state index in [0.717, 1.165) is 0 Å². The summed E-state index contributed by atoms with van der Waals surface area (Å²) >= 11 is 10.0. The standard InChI is InChI=1S/C39H50S5/c1-5-8-11-14-17-29-26-28(4)40-39(29)37-27-30(18-15-12-9-6-2)38(44-37)36-25-24-35(43-36)34-23-22-33(42-34)32-21-20-31(41-32)19-16-13-10-7-3/h20-27H,5-19H2,1-4H3. The predicted molar refractivity (Wildman–Crippen MR) is 206 cm³/mol. The van der Waals surface area contributed by atoms with Gasteiger partial charge in [0.25, 0.3) is 0 Å². The molecule has 0 saturated heterocycles. The van der Waals surface area contributed by atoms with Gasteiger partial charge in [0.15, 0.2) is 0 Å². The van der Waals surface area contributed by atoms with Crippen LogP contribution in [0.15, 0.2) is 48.5 Å². The molecule has 5 heteroatoms.